The summed E-state index contributed by atoms with van der Waals surface area (Å²) in [6.45, 7) is 3.16. The molecule has 142 valence electrons. The zero-order valence-electron chi connectivity index (χ0n) is 15.7. The van der Waals surface area contributed by atoms with Gasteiger partial charge in [0, 0.05) is 12.6 Å². The number of carbonyl (C=O) groups excluding carboxylic acids is 1. The molecule has 27 heavy (non-hydrogen) atoms. The van der Waals surface area contributed by atoms with Gasteiger partial charge in [0.05, 0.1) is 24.8 Å². The van der Waals surface area contributed by atoms with E-state index in [0.717, 1.165) is 24.9 Å². The van der Waals surface area contributed by atoms with E-state index in [1.165, 1.54) is 5.56 Å². The number of ether oxygens (including phenoxy) is 2. The molecule has 1 saturated heterocycles. The van der Waals surface area contributed by atoms with Crippen molar-refractivity contribution >= 4 is 23.6 Å². The third-order valence-electron chi connectivity index (χ3n) is 4.68. The van der Waals surface area contributed by atoms with Crippen LogP contribution in [0.15, 0.2) is 48.5 Å². The normalized spacial score (nSPS) is 16.7. The fourth-order valence-electron chi connectivity index (χ4n) is 3.44. The predicted molar refractivity (Wildman–Crippen MR) is 108 cm³/mol. The number of likely N-dealkylation sites (tertiary alicyclic amines) is 1. The minimum Gasteiger partial charge on any atom is -0.493 e. The van der Waals surface area contributed by atoms with Crippen molar-refractivity contribution in [2.75, 3.05) is 20.3 Å². The molecular formula is C22H24ClNO3. The lowest BCUT2D eigenvalue weighted by molar-refractivity contribution is -0.126. The number of hydrogen-bond acceptors (Lipinski definition) is 3. The molecule has 1 aliphatic rings. The number of rotatable bonds is 6. The van der Waals surface area contributed by atoms with Crippen LogP contribution < -0.4 is 9.47 Å². The number of benzene rings is 2. The van der Waals surface area contributed by atoms with Crippen LogP contribution in [0.5, 0.6) is 11.5 Å². The van der Waals surface area contributed by atoms with Crippen molar-refractivity contribution in [1.82, 2.24) is 4.90 Å². The Balaban J connectivity index is 1.77. The van der Waals surface area contributed by atoms with Gasteiger partial charge in [-0.1, -0.05) is 41.9 Å². The Bertz CT molecular complexity index is 820. The van der Waals surface area contributed by atoms with Crippen molar-refractivity contribution in [3.63, 3.8) is 0 Å². The smallest absolute Gasteiger partial charge is 0.247 e. The summed E-state index contributed by atoms with van der Waals surface area (Å²) in [6, 6.07) is 13.9. The van der Waals surface area contributed by atoms with Gasteiger partial charge < -0.3 is 14.4 Å². The molecule has 1 heterocycles. The number of methoxy groups -OCH3 is 1. The first-order valence-electron chi connectivity index (χ1n) is 9.18. The lowest BCUT2D eigenvalue weighted by atomic mass is 10.0. The molecule has 3 rings (SSSR count). The van der Waals surface area contributed by atoms with E-state index in [1.807, 2.05) is 36.1 Å². The first-order valence-corrected chi connectivity index (χ1v) is 9.55. The molecule has 4 nitrogen and oxygen atoms in total. The van der Waals surface area contributed by atoms with Crippen LogP contribution in [0.4, 0.5) is 0 Å². The van der Waals surface area contributed by atoms with Crippen LogP contribution >= 0.6 is 11.6 Å². The highest BCUT2D eigenvalue weighted by Gasteiger charge is 2.28. The molecule has 2 aromatic carbocycles. The van der Waals surface area contributed by atoms with Crippen molar-refractivity contribution in [2.45, 2.75) is 25.8 Å². The Morgan fingerprint density at radius 1 is 1.30 bits per heavy atom. The summed E-state index contributed by atoms with van der Waals surface area (Å²) in [6.07, 6.45) is 5.38. The van der Waals surface area contributed by atoms with Crippen LogP contribution in [0.3, 0.4) is 0 Å². The third-order valence-corrected chi connectivity index (χ3v) is 4.96. The van der Waals surface area contributed by atoms with Crippen molar-refractivity contribution < 1.29 is 14.3 Å². The number of nitrogens with zero attached hydrogens (tertiary/aromatic N) is 1. The molecule has 0 aromatic heterocycles. The number of amides is 1. The Labute approximate surface area is 165 Å². The highest BCUT2D eigenvalue weighted by molar-refractivity contribution is 6.32. The van der Waals surface area contributed by atoms with Crippen LogP contribution in [0.25, 0.3) is 6.08 Å². The summed E-state index contributed by atoms with van der Waals surface area (Å²) in [4.78, 5) is 14.7. The number of carbonyl (C=O) groups is 1. The lowest BCUT2D eigenvalue weighted by Crippen LogP contribution is -2.28. The predicted octanol–water partition coefficient (Wildman–Crippen LogP) is 5.12. The van der Waals surface area contributed by atoms with Crippen molar-refractivity contribution in [2.24, 2.45) is 0 Å². The second-order valence-electron chi connectivity index (χ2n) is 6.40. The van der Waals surface area contributed by atoms with Gasteiger partial charge in [-0.15, -0.1) is 0 Å². The molecular weight excluding hydrogens is 362 g/mol. The summed E-state index contributed by atoms with van der Waals surface area (Å²) in [5.74, 6) is 1.08. The van der Waals surface area contributed by atoms with E-state index in [1.54, 1.807) is 25.3 Å². The van der Waals surface area contributed by atoms with Gasteiger partial charge in [0.25, 0.3) is 0 Å². The van der Waals surface area contributed by atoms with Gasteiger partial charge in [-0.25, -0.2) is 0 Å². The van der Waals surface area contributed by atoms with Gasteiger partial charge in [-0.05, 0) is 49.1 Å². The highest BCUT2D eigenvalue weighted by Crippen LogP contribution is 2.37. The summed E-state index contributed by atoms with van der Waals surface area (Å²) in [5, 5.41) is 0.464. The second kappa shape index (κ2) is 8.96. The molecule has 0 N–H and O–H groups in total. The molecule has 0 unspecified atom stereocenters. The average Bonchev–Trinajstić information content (AvgIpc) is 3.18. The van der Waals surface area contributed by atoms with Crippen molar-refractivity contribution in [1.29, 1.82) is 0 Å². The zero-order chi connectivity index (χ0) is 19.2. The average molecular weight is 386 g/mol. The first-order chi connectivity index (χ1) is 13.1. The quantitative estimate of drug-likeness (QED) is 0.647. The van der Waals surface area contributed by atoms with Gasteiger partial charge in [-0.2, -0.15) is 0 Å². The van der Waals surface area contributed by atoms with E-state index in [4.69, 9.17) is 21.1 Å². The fraction of sp³-hybridized carbons (Fsp3) is 0.318. The maximum absolute atomic E-state index is 12.8. The second-order valence-corrected chi connectivity index (χ2v) is 6.81. The molecule has 0 bridgehead atoms. The van der Waals surface area contributed by atoms with E-state index < -0.39 is 0 Å². The van der Waals surface area contributed by atoms with Gasteiger partial charge in [0.15, 0.2) is 11.5 Å². The summed E-state index contributed by atoms with van der Waals surface area (Å²) in [7, 11) is 1.57. The molecule has 0 saturated carbocycles. The van der Waals surface area contributed by atoms with Gasteiger partial charge in [-0.3, -0.25) is 4.79 Å². The summed E-state index contributed by atoms with van der Waals surface area (Å²) in [5.41, 5.74) is 1.98. The summed E-state index contributed by atoms with van der Waals surface area (Å²) < 4.78 is 10.9. The van der Waals surface area contributed by atoms with Crippen LogP contribution in [0.1, 0.15) is 36.9 Å². The molecule has 0 spiro atoms. The van der Waals surface area contributed by atoms with Crippen LogP contribution in [0.2, 0.25) is 5.02 Å². The van der Waals surface area contributed by atoms with E-state index >= 15 is 0 Å². The SMILES string of the molecule is CCOc1c(Cl)cc(/C=C/C(=O)N2CCC[C@H]2c2ccccc2)cc1OC. The Hall–Kier alpha value is -2.46. The molecule has 0 aliphatic carbocycles. The number of hydrogen-bond donors (Lipinski definition) is 0. The minimum atomic E-state index is 0.00493. The molecule has 1 fully saturated rings. The molecule has 1 atom stereocenters. The molecule has 0 radical (unpaired) electrons. The standard InChI is InChI=1S/C22H24ClNO3/c1-3-27-22-18(23)14-16(15-20(22)26-2)11-12-21(25)24-13-7-10-19(24)17-8-5-4-6-9-17/h4-6,8-9,11-12,14-15,19H,3,7,10,13H2,1-2H3/b12-11+/t19-/m0/s1. The first kappa shape index (κ1) is 19.3. The topological polar surface area (TPSA) is 38.8 Å². The van der Waals surface area contributed by atoms with Gasteiger partial charge in [0.2, 0.25) is 5.91 Å². The van der Waals surface area contributed by atoms with E-state index in [-0.39, 0.29) is 11.9 Å². The number of halogens is 1. The molecule has 2 aromatic rings. The Morgan fingerprint density at radius 2 is 2.07 bits per heavy atom. The van der Waals surface area contributed by atoms with E-state index in [9.17, 15) is 4.79 Å². The Kier molecular flexibility index (Phi) is 6.40. The molecule has 1 amide bonds. The van der Waals surface area contributed by atoms with E-state index in [2.05, 4.69) is 12.1 Å². The lowest BCUT2D eigenvalue weighted by Gasteiger charge is -2.23. The molecule has 1 aliphatic heterocycles. The van der Waals surface area contributed by atoms with Crippen LogP contribution in [-0.4, -0.2) is 31.1 Å². The van der Waals surface area contributed by atoms with Gasteiger partial charge in [0.1, 0.15) is 0 Å². The third kappa shape index (κ3) is 4.45. The van der Waals surface area contributed by atoms with E-state index in [0.29, 0.717) is 23.1 Å². The van der Waals surface area contributed by atoms with Crippen molar-refractivity contribution in [3.8, 4) is 11.5 Å². The van der Waals surface area contributed by atoms with Crippen molar-refractivity contribution in [3.05, 3.63) is 64.7 Å². The summed E-state index contributed by atoms with van der Waals surface area (Å²) >= 11 is 6.30. The van der Waals surface area contributed by atoms with Gasteiger partial charge >= 0.3 is 0 Å². The highest BCUT2D eigenvalue weighted by atomic mass is 35.5. The maximum atomic E-state index is 12.8. The van der Waals surface area contributed by atoms with Crippen LogP contribution in [-0.2, 0) is 4.79 Å². The fourth-order valence-corrected chi connectivity index (χ4v) is 3.71. The minimum absolute atomic E-state index is 0.00493. The Morgan fingerprint density at radius 3 is 2.78 bits per heavy atom. The maximum Gasteiger partial charge on any atom is 0.247 e. The largest absolute Gasteiger partial charge is 0.493 e. The van der Waals surface area contributed by atoms with Crippen LogP contribution in [0, 0.1) is 0 Å². The molecule has 5 heteroatoms. The monoisotopic (exact) mass is 385 g/mol. The zero-order valence-corrected chi connectivity index (χ0v) is 16.4.